The smallest absolute Gasteiger partial charge is 0.306 e. The number of rotatable bonds is 6. The molecular weight excluding hydrogens is 232 g/mol. The summed E-state index contributed by atoms with van der Waals surface area (Å²) in [7, 11) is 1.80. The first-order valence-electron chi connectivity index (χ1n) is 5.58. The highest BCUT2D eigenvalue weighted by molar-refractivity contribution is 5.67. The maximum atomic E-state index is 10.4. The zero-order chi connectivity index (χ0) is 13.5. The molecule has 1 rings (SSSR count). The van der Waals surface area contributed by atoms with Crippen LogP contribution in [0.5, 0.6) is 0 Å². The lowest BCUT2D eigenvalue weighted by molar-refractivity contribution is -0.139. The van der Waals surface area contributed by atoms with Crippen LogP contribution in [0.25, 0.3) is 0 Å². The third-order valence-electron chi connectivity index (χ3n) is 2.44. The highest BCUT2D eigenvalue weighted by atomic mass is 16.4. The zero-order valence-electron chi connectivity index (χ0n) is 10.2. The largest absolute Gasteiger partial charge is 0.481 e. The van der Waals surface area contributed by atoms with Crippen LogP contribution in [0, 0.1) is 11.3 Å². The third-order valence-corrected chi connectivity index (χ3v) is 2.44. The van der Waals surface area contributed by atoms with Gasteiger partial charge in [-0.05, 0) is 24.7 Å². The first-order valence-corrected chi connectivity index (χ1v) is 5.58. The van der Waals surface area contributed by atoms with Crippen LogP contribution in [0.1, 0.15) is 17.5 Å². The van der Waals surface area contributed by atoms with Crippen LogP contribution in [0.2, 0.25) is 0 Å². The molecule has 2 N–H and O–H groups in total. The highest BCUT2D eigenvalue weighted by Gasteiger charge is 2.12. The lowest BCUT2D eigenvalue weighted by Crippen LogP contribution is -2.30. The molecule has 1 aromatic rings. The van der Waals surface area contributed by atoms with Crippen molar-refractivity contribution in [2.24, 2.45) is 0 Å². The van der Waals surface area contributed by atoms with Gasteiger partial charge in [0, 0.05) is 13.1 Å². The second kappa shape index (κ2) is 6.74. The number of hydrogen-bond donors (Lipinski definition) is 2. The molecule has 0 aromatic heterocycles. The van der Waals surface area contributed by atoms with Gasteiger partial charge in [-0.2, -0.15) is 5.26 Å². The van der Waals surface area contributed by atoms with E-state index in [-0.39, 0.29) is 13.0 Å². The fraction of sp³-hybridized carbons (Fsp3) is 0.385. The van der Waals surface area contributed by atoms with E-state index in [0.717, 1.165) is 5.56 Å². The van der Waals surface area contributed by atoms with E-state index in [1.165, 1.54) is 0 Å². The minimum absolute atomic E-state index is 0.261. The summed E-state index contributed by atoms with van der Waals surface area (Å²) < 4.78 is 0. The minimum atomic E-state index is -1.01. The SMILES string of the molecule is CN(Cc1cccc(C#N)c1)CC(O)CC(=O)O. The number of carboxylic acids is 1. The fourth-order valence-corrected chi connectivity index (χ4v) is 1.74. The summed E-state index contributed by atoms with van der Waals surface area (Å²) in [6, 6.07) is 9.26. The highest BCUT2D eigenvalue weighted by Crippen LogP contribution is 2.07. The van der Waals surface area contributed by atoms with Crippen molar-refractivity contribution in [3.63, 3.8) is 0 Å². The molecule has 0 amide bonds. The summed E-state index contributed by atoms with van der Waals surface area (Å²) in [5.74, 6) is -1.01. The van der Waals surface area contributed by atoms with E-state index in [9.17, 15) is 9.90 Å². The van der Waals surface area contributed by atoms with Crippen molar-refractivity contribution in [2.45, 2.75) is 19.1 Å². The van der Waals surface area contributed by atoms with Crippen molar-refractivity contribution in [2.75, 3.05) is 13.6 Å². The summed E-state index contributed by atoms with van der Waals surface area (Å²) in [4.78, 5) is 12.2. The van der Waals surface area contributed by atoms with Crippen molar-refractivity contribution in [1.29, 1.82) is 5.26 Å². The van der Waals surface area contributed by atoms with Gasteiger partial charge in [0.25, 0.3) is 0 Å². The first kappa shape index (κ1) is 14.2. The molecule has 0 spiro atoms. The van der Waals surface area contributed by atoms with Crippen LogP contribution in [0.4, 0.5) is 0 Å². The number of aliphatic hydroxyl groups excluding tert-OH is 1. The molecule has 96 valence electrons. The van der Waals surface area contributed by atoms with Gasteiger partial charge in [-0.15, -0.1) is 0 Å². The molecule has 1 unspecified atom stereocenters. The lowest BCUT2D eigenvalue weighted by atomic mass is 10.1. The van der Waals surface area contributed by atoms with Gasteiger partial charge in [0.1, 0.15) is 0 Å². The van der Waals surface area contributed by atoms with E-state index >= 15 is 0 Å². The van der Waals surface area contributed by atoms with Gasteiger partial charge in [-0.3, -0.25) is 9.69 Å². The number of carboxylic acid groups (broad SMARTS) is 1. The summed E-state index contributed by atoms with van der Waals surface area (Å²) >= 11 is 0. The Morgan fingerprint density at radius 3 is 2.89 bits per heavy atom. The monoisotopic (exact) mass is 248 g/mol. The number of likely N-dealkylation sites (N-methyl/N-ethyl adjacent to an activating group) is 1. The van der Waals surface area contributed by atoms with Gasteiger partial charge in [-0.25, -0.2) is 0 Å². The van der Waals surface area contributed by atoms with Gasteiger partial charge in [0.05, 0.1) is 24.2 Å². The van der Waals surface area contributed by atoms with Crippen molar-refractivity contribution < 1.29 is 15.0 Å². The molecule has 0 bridgehead atoms. The molecule has 1 aromatic carbocycles. The topological polar surface area (TPSA) is 84.6 Å². The average molecular weight is 248 g/mol. The molecule has 5 heteroatoms. The van der Waals surface area contributed by atoms with E-state index in [1.807, 2.05) is 11.0 Å². The Hall–Kier alpha value is -1.90. The summed E-state index contributed by atoms with van der Waals surface area (Å²) in [5.41, 5.74) is 1.55. The zero-order valence-corrected chi connectivity index (χ0v) is 10.2. The maximum Gasteiger partial charge on any atom is 0.306 e. The number of hydrogen-bond acceptors (Lipinski definition) is 4. The Kier molecular flexibility index (Phi) is 5.31. The number of aliphatic carboxylic acids is 1. The number of nitriles is 1. The Bertz CT molecular complexity index is 454. The van der Waals surface area contributed by atoms with Crippen LogP contribution in [0.3, 0.4) is 0 Å². The quantitative estimate of drug-likeness (QED) is 0.778. The van der Waals surface area contributed by atoms with Crippen LogP contribution < -0.4 is 0 Å². The third kappa shape index (κ3) is 4.95. The van der Waals surface area contributed by atoms with Crippen molar-refractivity contribution in [3.05, 3.63) is 35.4 Å². The molecule has 0 fully saturated rings. The van der Waals surface area contributed by atoms with Gasteiger partial charge in [-0.1, -0.05) is 12.1 Å². The van der Waals surface area contributed by atoms with Crippen molar-refractivity contribution in [1.82, 2.24) is 4.90 Å². The molecule has 0 heterocycles. The van der Waals surface area contributed by atoms with E-state index < -0.39 is 12.1 Å². The average Bonchev–Trinajstić information content (AvgIpc) is 2.27. The van der Waals surface area contributed by atoms with Crippen LogP contribution in [0.15, 0.2) is 24.3 Å². The van der Waals surface area contributed by atoms with Gasteiger partial charge < -0.3 is 10.2 Å². The molecule has 5 nitrogen and oxygen atoms in total. The van der Waals surface area contributed by atoms with E-state index in [1.54, 1.807) is 25.2 Å². The van der Waals surface area contributed by atoms with Crippen LogP contribution in [-0.4, -0.2) is 40.8 Å². The molecular formula is C13H16N2O3. The molecule has 0 radical (unpaired) electrons. The van der Waals surface area contributed by atoms with Gasteiger partial charge >= 0.3 is 5.97 Å². The Labute approximate surface area is 106 Å². The number of carbonyl (C=O) groups is 1. The van der Waals surface area contributed by atoms with Gasteiger partial charge in [0.15, 0.2) is 0 Å². The standard InChI is InChI=1S/C13H16N2O3/c1-15(9-12(16)6-13(17)18)8-11-4-2-3-10(5-11)7-14/h2-5,12,16H,6,8-9H2,1H3,(H,17,18). The fourth-order valence-electron chi connectivity index (χ4n) is 1.74. The van der Waals surface area contributed by atoms with Gasteiger partial charge in [0.2, 0.25) is 0 Å². The number of aliphatic hydroxyl groups is 1. The molecule has 0 aliphatic carbocycles. The second-order valence-electron chi connectivity index (χ2n) is 4.26. The predicted molar refractivity (Wildman–Crippen MR) is 65.8 cm³/mol. The van der Waals surface area contributed by atoms with Crippen LogP contribution in [-0.2, 0) is 11.3 Å². The normalized spacial score (nSPS) is 12.1. The molecule has 18 heavy (non-hydrogen) atoms. The van der Waals surface area contributed by atoms with Crippen molar-refractivity contribution in [3.8, 4) is 6.07 Å². The first-order chi connectivity index (χ1) is 8.51. The second-order valence-corrected chi connectivity index (χ2v) is 4.26. The number of nitrogens with zero attached hydrogens (tertiary/aromatic N) is 2. The van der Waals surface area contributed by atoms with E-state index in [2.05, 4.69) is 6.07 Å². The molecule has 0 aliphatic rings. The Balaban J connectivity index is 2.51. The summed E-state index contributed by atoms with van der Waals surface area (Å²) in [6.45, 7) is 0.843. The Morgan fingerprint density at radius 2 is 2.28 bits per heavy atom. The van der Waals surface area contributed by atoms with Crippen LogP contribution >= 0.6 is 0 Å². The maximum absolute atomic E-state index is 10.4. The number of benzene rings is 1. The molecule has 0 aliphatic heterocycles. The molecule has 0 saturated carbocycles. The summed E-state index contributed by atoms with van der Waals surface area (Å²) in [6.07, 6.45) is -1.14. The molecule has 0 saturated heterocycles. The predicted octanol–water partition coefficient (Wildman–Crippen LogP) is 0.826. The van der Waals surface area contributed by atoms with Crippen molar-refractivity contribution >= 4 is 5.97 Å². The lowest BCUT2D eigenvalue weighted by Gasteiger charge is -2.19. The molecule has 1 atom stereocenters. The van der Waals surface area contributed by atoms with E-state index in [4.69, 9.17) is 10.4 Å². The Morgan fingerprint density at radius 1 is 1.56 bits per heavy atom. The summed E-state index contributed by atoms with van der Waals surface area (Å²) in [5, 5.41) is 26.8. The van der Waals surface area contributed by atoms with E-state index in [0.29, 0.717) is 12.1 Å². The minimum Gasteiger partial charge on any atom is -0.481 e.